The number of fused-ring (bicyclic) bond motifs is 1. The maximum atomic E-state index is 11.3. The number of benzene rings is 1. The van der Waals surface area contributed by atoms with Gasteiger partial charge in [-0.25, -0.2) is 9.78 Å². The predicted molar refractivity (Wildman–Crippen MR) is 85.0 cm³/mol. The van der Waals surface area contributed by atoms with Crippen molar-refractivity contribution in [2.45, 2.75) is 13.8 Å². The molecule has 112 valence electrons. The highest BCUT2D eigenvalue weighted by molar-refractivity contribution is 6.06. The highest BCUT2D eigenvalue weighted by Crippen LogP contribution is 2.24. The first-order valence-electron chi connectivity index (χ1n) is 7.24. The molecular formula is C16H21N3O2. The van der Waals surface area contributed by atoms with Crippen molar-refractivity contribution >= 4 is 22.6 Å². The van der Waals surface area contributed by atoms with Gasteiger partial charge < -0.3 is 15.3 Å². The lowest BCUT2D eigenvalue weighted by Crippen LogP contribution is -2.28. The van der Waals surface area contributed by atoms with Crippen LogP contribution in [0.25, 0.3) is 10.8 Å². The fourth-order valence-corrected chi connectivity index (χ4v) is 2.41. The first-order valence-corrected chi connectivity index (χ1v) is 7.24. The summed E-state index contributed by atoms with van der Waals surface area (Å²) in [6, 6.07) is 7.01. The fraction of sp³-hybridized carbons (Fsp3) is 0.375. The average Bonchev–Trinajstić information content (AvgIpc) is 2.51. The smallest absolute Gasteiger partial charge is 0.336 e. The molecule has 0 bridgehead atoms. The van der Waals surface area contributed by atoms with Crippen molar-refractivity contribution in [3.8, 4) is 0 Å². The summed E-state index contributed by atoms with van der Waals surface area (Å²) in [7, 11) is 0. The van der Waals surface area contributed by atoms with Gasteiger partial charge in [-0.2, -0.15) is 0 Å². The quantitative estimate of drug-likeness (QED) is 0.819. The van der Waals surface area contributed by atoms with Crippen LogP contribution in [0, 0.1) is 0 Å². The van der Waals surface area contributed by atoms with Crippen LogP contribution in [0.4, 0.5) is 5.82 Å². The van der Waals surface area contributed by atoms with E-state index < -0.39 is 5.97 Å². The standard InChI is InChI=1S/C16H21N3O2/c1-3-19(4-2)11-10-18-15-13-6-5-7-14(16(20)21)12(13)8-9-17-15/h5-9H,3-4,10-11H2,1-2H3,(H,17,18)(H,20,21). The monoisotopic (exact) mass is 287 g/mol. The van der Waals surface area contributed by atoms with Crippen LogP contribution in [0.5, 0.6) is 0 Å². The minimum Gasteiger partial charge on any atom is -0.478 e. The van der Waals surface area contributed by atoms with Crippen LogP contribution in [-0.4, -0.2) is 47.1 Å². The van der Waals surface area contributed by atoms with Gasteiger partial charge in [-0.3, -0.25) is 0 Å². The summed E-state index contributed by atoms with van der Waals surface area (Å²) in [5.74, 6) is -0.177. The molecule has 0 saturated heterocycles. The lowest BCUT2D eigenvalue weighted by molar-refractivity contribution is 0.0699. The van der Waals surface area contributed by atoms with Crippen molar-refractivity contribution in [3.63, 3.8) is 0 Å². The Bertz CT molecular complexity index is 624. The van der Waals surface area contributed by atoms with Crippen LogP contribution in [0.1, 0.15) is 24.2 Å². The van der Waals surface area contributed by atoms with Gasteiger partial charge in [-0.15, -0.1) is 0 Å². The van der Waals surface area contributed by atoms with Gasteiger partial charge in [0.15, 0.2) is 0 Å². The number of carbonyl (C=O) groups is 1. The van der Waals surface area contributed by atoms with Crippen molar-refractivity contribution in [3.05, 3.63) is 36.0 Å². The minimum atomic E-state index is -0.916. The number of pyridine rings is 1. The van der Waals surface area contributed by atoms with Gasteiger partial charge in [0.1, 0.15) is 5.82 Å². The molecule has 1 heterocycles. The van der Waals surface area contributed by atoms with Crippen LogP contribution in [0.3, 0.4) is 0 Å². The second-order valence-corrected chi connectivity index (χ2v) is 4.82. The molecular weight excluding hydrogens is 266 g/mol. The van der Waals surface area contributed by atoms with Crippen LogP contribution in [-0.2, 0) is 0 Å². The molecule has 0 amide bonds. The van der Waals surface area contributed by atoms with E-state index in [2.05, 4.69) is 29.0 Å². The molecule has 0 saturated carbocycles. The topological polar surface area (TPSA) is 65.5 Å². The number of nitrogens with zero attached hydrogens (tertiary/aromatic N) is 2. The molecule has 0 unspecified atom stereocenters. The Labute approximate surface area is 124 Å². The Balaban J connectivity index is 2.21. The third-order valence-electron chi connectivity index (χ3n) is 3.65. The number of anilines is 1. The van der Waals surface area contributed by atoms with E-state index in [-0.39, 0.29) is 0 Å². The zero-order valence-electron chi connectivity index (χ0n) is 12.5. The molecule has 0 radical (unpaired) electrons. The molecule has 21 heavy (non-hydrogen) atoms. The molecule has 0 atom stereocenters. The van der Waals surface area contributed by atoms with Crippen molar-refractivity contribution in [1.82, 2.24) is 9.88 Å². The molecule has 0 spiro atoms. The number of carboxylic acid groups (broad SMARTS) is 1. The largest absolute Gasteiger partial charge is 0.478 e. The predicted octanol–water partition coefficient (Wildman–Crippen LogP) is 2.69. The Morgan fingerprint density at radius 2 is 2.00 bits per heavy atom. The summed E-state index contributed by atoms with van der Waals surface area (Å²) in [6.07, 6.45) is 1.65. The fourth-order valence-electron chi connectivity index (χ4n) is 2.41. The van der Waals surface area contributed by atoms with E-state index in [4.69, 9.17) is 0 Å². The third-order valence-corrected chi connectivity index (χ3v) is 3.65. The van der Waals surface area contributed by atoms with E-state index in [9.17, 15) is 9.90 Å². The summed E-state index contributed by atoms with van der Waals surface area (Å²) in [4.78, 5) is 17.9. The van der Waals surface area contributed by atoms with Gasteiger partial charge >= 0.3 is 5.97 Å². The Morgan fingerprint density at radius 1 is 1.24 bits per heavy atom. The normalized spacial score (nSPS) is 11.0. The number of nitrogens with one attached hydrogen (secondary N) is 1. The van der Waals surface area contributed by atoms with Gasteiger partial charge in [-0.1, -0.05) is 26.0 Å². The molecule has 1 aromatic heterocycles. The average molecular weight is 287 g/mol. The van der Waals surface area contributed by atoms with E-state index in [1.807, 2.05) is 6.07 Å². The Kier molecular flexibility index (Phi) is 5.11. The Hall–Kier alpha value is -2.14. The van der Waals surface area contributed by atoms with Crippen molar-refractivity contribution in [2.75, 3.05) is 31.5 Å². The van der Waals surface area contributed by atoms with Gasteiger partial charge in [0.2, 0.25) is 0 Å². The number of carboxylic acids is 1. The zero-order chi connectivity index (χ0) is 15.2. The van der Waals surface area contributed by atoms with Gasteiger partial charge in [-0.05, 0) is 25.2 Å². The van der Waals surface area contributed by atoms with E-state index in [1.165, 1.54) is 0 Å². The molecule has 2 rings (SSSR count). The SMILES string of the molecule is CCN(CC)CCNc1nccc2c(C(=O)O)cccc12. The van der Waals surface area contributed by atoms with Crippen LogP contribution >= 0.6 is 0 Å². The number of hydrogen-bond acceptors (Lipinski definition) is 4. The second-order valence-electron chi connectivity index (χ2n) is 4.82. The molecule has 5 nitrogen and oxygen atoms in total. The van der Waals surface area contributed by atoms with Gasteiger partial charge in [0.05, 0.1) is 5.56 Å². The summed E-state index contributed by atoms with van der Waals surface area (Å²) in [5.41, 5.74) is 0.307. The summed E-state index contributed by atoms with van der Waals surface area (Å²) < 4.78 is 0. The van der Waals surface area contributed by atoms with Crippen molar-refractivity contribution in [1.29, 1.82) is 0 Å². The lowest BCUT2D eigenvalue weighted by Gasteiger charge is -2.18. The maximum Gasteiger partial charge on any atom is 0.336 e. The van der Waals surface area contributed by atoms with E-state index in [0.29, 0.717) is 10.9 Å². The Morgan fingerprint density at radius 3 is 2.67 bits per heavy atom. The van der Waals surface area contributed by atoms with Crippen molar-refractivity contribution in [2.24, 2.45) is 0 Å². The van der Waals surface area contributed by atoms with Crippen LogP contribution < -0.4 is 5.32 Å². The molecule has 0 aliphatic rings. The van der Waals surface area contributed by atoms with Crippen molar-refractivity contribution < 1.29 is 9.90 Å². The second kappa shape index (κ2) is 7.04. The zero-order valence-corrected chi connectivity index (χ0v) is 12.5. The number of hydrogen-bond donors (Lipinski definition) is 2. The number of likely N-dealkylation sites (N-methyl/N-ethyl adjacent to an activating group) is 1. The number of aromatic nitrogens is 1. The molecule has 0 fully saturated rings. The van der Waals surface area contributed by atoms with E-state index in [1.54, 1.807) is 24.4 Å². The summed E-state index contributed by atoms with van der Waals surface area (Å²) in [5, 5.41) is 14.1. The minimum absolute atomic E-state index is 0.307. The van der Waals surface area contributed by atoms with E-state index >= 15 is 0 Å². The highest BCUT2D eigenvalue weighted by Gasteiger charge is 2.10. The molecule has 0 aliphatic heterocycles. The van der Waals surface area contributed by atoms with Gasteiger partial charge in [0.25, 0.3) is 0 Å². The first-order chi connectivity index (χ1) is 10.2. The number of rotatable bonds is 7. The highest BCUT2D eigenvalue weighted by atomic mass is 16.4. The molecule has 2 N–H and O–H groups in total. The first kappa shape index (κ1) is 15.3. The summed E-state index contributed by atoms with van der Waals surface area (Å²) in [6.45, 7) is 8.03. The van der Waals surface area contributed by atoms with Gasteiger partial charge in [0, 0.05) is 30.1 Å². The molecule has 0 aliphatic carbocycles. The third kappa shape index (κ3) is 3.49. The molecule has 5 heteroatoms. The number of aromatic carboxylic acids is 1. The lowest BCUT2D eigenvalue weighted by atomic mass is 10.1. The van der Waals surface area contributed by atoms with Crippen LogP contribution in [0.15, 0.2) is 30.5 Å². The van der Waals surface area contributed by atoms with Crippen LogP contribution in [0.2, 0.25) is 0 Å². The van der Waals surface area contributed by atoms with E-state index in [0.717, 1.165) is 37.4 Å². The summed E-state index contributed by atoms with van der Waals surface area (Å²) >= 11 is 0. The maximum absolute atomic E-state index is 11.3. The molecule has 2 aromatic rings. The molecule has 1 aromatic carbocycles.